The largest absolute Gasteiger partial charge is 0.445 e. The van der Waals surface area contributed by atoms with E-state index in [1.807, 2.05) is 36.4 Å². The highest BCUT2D eigenvalue weighted by molar-refractivity contribution is 7.80. The molecule has 0 radical (unpaired) electrons. The summed E-state index contributed by atoms with van der Waals surface area (Å²) in [6.45, 7) is 0.0418. The number of rotatable bonds is 8. The average Bonchev–Trinajstić information content (AvgIpc) is 2.74. The van der Waals surface area contributed by atoms with Crippen molar-refractivity contribution < 1.29 is 19.1 Å². The van der Waals surface area contributed by atoms with Crippen LogP contribution in [-0.4, -0.2) is 29.1 Å². The van der Waals surface area contributed by atoms with E-state index in [9.17, 15) is 14.4 Å². The van der Waals surface area contributed by atoms with Crippen LogP contribution in [0.3, 0.4) is 0 Å². The molecule has 0 saturated carbocycles. The number of hydrogen-bond donors (Lipinski definition) is 5. The van der Waals surface area contributed by atoms with Crippen molar-refractivity contribution in [3.63, 3.8) is 0 Å². The average molecular weight is 430 g/mol. The quantitative estimate of drug-likeness (QED) is 0.317. The molecule has 2 aromatic carbocycles. The lowest BCUT2D eigenvalue weighted by atomic mass is 10.1. The second-order valence-corrected chi connectivity index (χ2v) is 6.61. The SMILES string of the molecule is NC(=O)CC[C@H](NC(=O)OCc1ccccc1)C(=O)NNC(=S)Nc1ccccc1. The summed E-state index contributed by atoms with van der Waals surface area (Å²) in [5.74, 6) is -1.20. The van der Waals surface area contributed by atoms with Gasteiger partial charge in [-0.25, -0.2) is 4.79 Å². The van der Waals surface area contributed by atoms with E-state index < -0.39 is 23.9 Å². The van der Waals surface area contributed by atoms with Crippen LogP contribution in [0.25, 0.3) is 0 Å². The van der Waals surface area contributed by atoms with Crippen molar-refractivity contribution in [3.8, 4) is 0 Å². The van der Waals surface area contributed by atoms with Crippen molar-refractivity contribution in [3.05, 3.63) is 66.2 Å². The number of primary amides is 1. The molecule has 3 amide bonds. The molecule has 0 fully saturated rings. The molecule has 0 aliphatic heterocycles. The van der Waals surface area contributed by atoms with Crippen molar-refractivity contribution in [2.45, 2.75) is 25.5 Å². The third-order valence-electron chi connectivity index (χ3n) is 3.83. The molecule has 0 bridgehead atoms. The summed E-state index contributed by atoms with van der Waals surface area (Å²) in [6, 6.07) is 17.1. The van der Waals surface area contributed by atoms with Gasteiger partial charge in [0.15, 0.2) is 5.11 Å². The fraction of sp³-hybridized carbons (Fsp3) is 0.200. The number of anilines is 1. The lowest BCUT2D eigenvalue weighted by Crippen LogP contribution is -2.53. The smallest absolute Gasteiger partial charge is 0.408 e. The Balaban J connectivity index is 1.85. The highest BCUT2D eigenvalue weighted by atomic mass is 32.1. The Morgan fingerprint density at radius 1 is 0.967 bits per heavy atom. The molecule has 0 aliphatic rings. The van der Waals surface area contributed by atoms with Crippen molar-refractivity contribution in [2.24, 2.45) is 5.73 Å². The first-order chi connectivity index (χ1) is 14.4. The minimum absolute atomic E-state index is 0.00214. The molecule has 9 nitrogen and oxygen atoms in total. The Morgan fingerprint density at radius 3 is 2.23 bits per heavy atom. The fourth-order valence-electron chi connectivity index (χ4n) is 2.35. The summed E-state index contributed by atoms with van der Waals surface area (Å²) in [6.07, 6.45) is -0.889. The van der Waals surface area contributed by atoms with Crippen molar-refractivity contribution in [1.82, 2.24) is 16.2 Å². The summed E-state index contributed by atoms with van der Waals surface area (Å²) in [7, 11) is 0. The molecule has 0 aromatic heterocycles. The third-order valence-corrected chi connectivity index (χ3v) is 4.04. The lowest BCUT2D eigenvalue weighted by Gasteiger charge is -2.19. The van der Waals surface area contributed by atoms with E-state index in [-0.39, 0.29) is 24.6 Å². The molecule has 6 N–H and O–H groups in total. The van der Waals surface area contributed by atoms with E-state index >= 15 is 0 Å². The van der Waals surface area contributed by atoms with E-state index in [2.05, 4.69) is 21.5 Å². The highest BCUT2D eigenvalue weighted by Gasteiger charge is 2.22. The third kappa shape index (κ3) is 8.57. The number of amides is 3. The number of nitrogens with one attached hydrogen (secondary N) is 4. The number of alkyl carbamates (subject to hydrolysis) is 1. The van der Waals surface area contributed by atoms with Crippen molar-refractivity contribution in [1.29, 1.82) is 0 Å². The van der Waals surface area contributed by atoms with Gasteiger partial charge in [-0.1, -0.05) is 48.5 Å². The normalized spacial score (nSPS) is 10.9. The van der Waals surface area contributed by atoms with Gasteiger partial charge < -0.3 is 21.1 Å². The summed E-state index contributed by atoms with van der Waals surface area (Å²) < 4.78 is 5.12. The number of hydrogen-bond acceptors (Lipinski definition) is 5. The predicted octanol–water partition coefficient (Wildman–Crippen LogP) is 1.56. The summed E-state index contributed by atoms with van der Waals surface area (Å²) in [5.41, 5.74) is 11.6. The van der Waals surface area contributed by atoms with Gasteiger partial charge in [0.25, 0.3) is 5.91 Å². The molecule has 1 atom stereocenters. The molecule has 2 rings (SSSR count). The van der Waals surface area contributed by atoms with Gasteiger partial charge in [-0.3, -0.25) is 20.4 Å². The second kappa shape index (κ2) is 12.0. The van der Waals surface area contributed by atoms with Crippen LogP contribution < -0.4 is 27.2 Å². The van der Waals surface area contributed by atoms with E-state index in [4.69, 9.17) is 22.7 Å². The van der Waals surface area contributed by atoms with Crippen LogP contribution in [0, 0.1) is 0 Å². The minimum Gasteiger partial charge on any atom is -0.445 e. The molecule has 0 unspecified atom stereocenters. The molecule has 0 heterocycles. The minimum atomic E-state index is -1.05. The topological polar surface area (TPSA) is 135 Å². The van der Waals surface area contributed by atoms with Gasteiger partial charge >= 0.3 is 6.09 Å². The molecule has 0 spiro atoms. The van der Waals surface area contributed by atoms with Gasteiger partial charge in [-0.2, -0.15) is 0 Å². The van der Waals surface area contributed by atoms with Gasteiger partial charge in [0, 0.05) is 12.1 Å². The number of hydrazine groups is 1. The Morgan fingerprint density at radius 2 is 1.60 bits per heavy atom. The second-order valence-electron chi connectivity index (χ2n) is 6.20. The summed E-state index contributed by atoms with van der Waals surface area (Å²) >= 11 is 5.11. The van der Waals surface area contributed by atoms with Gasteiger partial charge in [0.05, 0.1) is 0 Å². The van der Waals surface area contributed by atoms with Gasteiger partial charge in [0.1, 0.15) is 12.6 Å². The molecule has 158 valence electrons. The molecular formula is C20H23N5O4S. The van der Waals surface area contributed by atoms with Gasteiger partial charge in [-0.15, -0.1) is 0 Å². The van der Waals surface area contributed by atoms with E-state index in [1.54, 1.807) is 24.3 Å². The number of nitrogens with two attached hydrogens (primary N) is 1. The molecule has 0 saturated heterocycles. The fourth-order valence-corrected chi connectivity index (χ4v) is 2.52. The highest BCUT2D eigenvalue weighted by Crippen LogP contribution is 2.05. The molecule has 0 aliphatic carbocycles. The van der Waals surface area contributed by atoms with Gasteiger partial charge in [0.2, 0.25) is 5.91 Å². The Kier molecular flexibility index (Phi) is 9.07. The van der Waals surface area contributed by atoms with Crippen LogP contribution in [0.15, 0.2) is 60.7 Å². The van der Waals surface area contributed by atoms with E-state index in [1.165, 1.54) is 0 Å². The number of ether oxygens (including phenoxy) is 1. The Labute approximate surface area is 179 Å². The number of thiocarbonyl (C=S) groups is 1. The standard InChI is InChI=1S/C20H23N5O4S/c21-17(26)12-11-16(23-20(28)29-13-14-7-3-1-4-8-14)18(27)24-25-19(30)22-15-9-5-2-6-10-15/h1-10,16H,11-13H2,(H2,21,26)(H,23,28)(H,24,27)(H2,22,25,30)/t16-/m0/s1. The van der Waals surface area contributed by atoms with Crippen LogP contribution in [0.2, 0.25) is 0 Å². The van der Waals surface area contributed by atoms with E-state index in [0.29, 0.717) is 0 Å². The van der Waals surface area contributed by atoms with E-state index in [0.717, 1.165) is 11.3 Å². The first-order valence-electron chi connectivity index (χ1n) is 9.11. The summed E-state index contributed by atoms with van der Waals surface area (Å²) in [5, 5.41) is 5.46. The van der Waals surface area contributed by atoms with Crippen molar-refractivity contribution >= 4 is 40.9 Å². The maximum Gasteiger partial charge on any atom is 0.408 e. The first-order valence-corrected chi connectivity index (χ1v) is 9.52. The zero-order valence-electron chi connectivity index (χ0n) is 16.1. The Hall–Kier alpha value is -3.66. The number of benzene rings is 2. The molecule has 10 heteroatoms. The Bertz CT molecular complexity index is 864. The zero-order chi connectivity index (χ0) is 21.8. The van der Waals surface area contributed by atoms with Crippen LogP contribution in [0.1, 0.15) is 18.4 Å². The van der Waals surface area contributed by atoms with Crippen molar-refractivity contribution in [2.75, 3.05) is 5.32 Å². The van der Waals surface area contributed by atoms with Crippen LogP contribution in [0.5, 0.6) is 0 Å². The maximum atomic E-state index is 12.4. The lowest BCUT2D eigenvalue weighted by molar-refractivity contribution is -0.124. The number of carbonyl (C=O) groups excluding carboxylic acids is 3. The molecule has 2 aromatic rings. The van der Waals surface area contributed by atoms with Crippen LogP contribution >= 0.6 is 12.2 Å². The zero-order valence-corrected chi connectivity index (χ0v) is 16.9. The summed E-state index contributed by atoms with van der Waals surface area (Å²) in [4.78, 5) is 35.6. The maximum absolute atomic E-state index is 12.4. The first kappa shape index (κ1) is 22.6. The van der Waals surface area contributed by atoms with Crippen LogP contribution in [0.4, 0.5) is 10.5 Å². The van der Waals surface area contributed by atoms with Gasteiger partial charge in [-0.05, 0) is 36.3 Å². The number of carbonyl (C=O) groups is 3. The monoisotopic (exact) mass is 429 g/mol. The number of para-hydroxylation sites is 1. The van der Waals surface area contributed by atoms with Crippen LogP contribution in [-0.2, 0) is 20.9 Å². The molecule has 30 heavy (non-hydrogen) atoms. The molecular weight excluding hydrogens is 406 g/mol. The predicted molar refractivity (Wildman–Crippen MR) is 116 cm³/mol.